The summed E-state index contributed by atoms with van der Waals surface area (Å²) < 4.78 is 15.7. The third-order valence-electron chi connectivity index (χ3n) is 3.78. The number of nitro groups is 1. The quantitative estimate of drug-likeness (QED) is 0.242. The Morgan fingerprint density at radius 2 is 2.00 bits per heavy atom. The summed E-state index contributed by atoms with van der Waals surface area (Å²) >= 11 is 0. The fourth-order valence-electron chi connectivity index (χ4n) is 2.62. The Balaban J connectivity index is 1.96. The first-order valence-electron chi connectivity index (χ1n) is 8.60. The molecule has 0 amide bonds. The first kappa shape index (κ1) is 19.7. The summed E-state index contributed by atoms with van der Waals surface area (Å²) in [6.07, 6.45) is 1.45. The summed E-state index contributed by atoms with van der Waals surface area (Å²) in [7, 11) is 0. The highest BCUT2D eigenvalue weighted by Gasteiger charge is 2.29. The maximum atomic E-state index is 12.2. The molecule has 0 saturated carbocycles. The van der Waals surface area contributed by atoms with Gasteiger partial charge in [0, 0.05) is 13.0 Å². The zero-order valence-electron chi connectivity index (χ0n) is 15.6. The second kappa shape index (κ2) is 8.34. The highest BCUT2D eigenvalue weighted by molar-refractivity contribution is 6.14. The van der Waals surface area contributed by atoms with E-state index in [0.717, 1.165) is 0 Å². The van der Waals surface area contributed by atoms with Gasteiger partial charge in [-0.05, 0) is 36.8 Å². The van der Waals surface area contributed by atoms with Crippen molar-refractivity contribution in [3.8, 4) is 11.5 Å². The molecule has 0 fully saturated rings. The van der Waals surface area contributed by atoms with E-state index in [1.165, 1.54) is 37.3 Å². The van der Waals surface area contributed by atoms with Crippen LogP contribution in [-0.2, 0) is 14.3 Å². The molecule has 0 spiro atoms. The van der Waals surface area contributed by atoms with Crippen LogP contribution in [0.5, 0.6) is 11.5 Å². The molecule has 1 aliphatic rings. The highest BCUT2D eigenvalue weighted by Crippen LogP contribution is 2.31. The number of carbonyl (C=O) groups is 2. The van der Waals surface area contributed by atoms with Crippen molar-refractivity contribution in [2.24, 2.45) is 4.99 Å². The van der Waals surface area contributed by atoms with Gasteiger partial charge in [-0.2, -0.15) is 0 Å². The van der Waals surface area contributed by atoms with Crippen LogP contribution < -0.4 is 9.47 Å². The molecule has 29 heavy (non-hydrogen) atoms. The minimum Gasteiger partial charge on any atom is -0.490 e. The fourth-order valence-corrected chi connectivity index (χ4v) is 2.62. The van der Waals surface area contributed by atoms with Crippen molar-refractivity contribution in [3.63, 3.8) is 0 Å². The van der Waals surface area contributed by atoms with E-state index in [4.69, 9.17) is 14.2 Å². The summed E-state index contributed by atoms with van der Waals surface area (Å²) in [6, 6.07) is 10.6. The largest absolute Gasteiger partial charge is 0.490 e. The maximum absolute atomic E-state index is 12.2. The maximum Gasteiger partial charge on any atom is 0.363 e. The van der Waals surface area contributed by atoms with Gasteiger partial charge in [-0.3, -0.25) is 14.9 Å². The minimum atomic E-state index is -0.736. The number of ether oxygens (including phenoxy) is 3. The van der Waals surface area contributed by atoms with Crippen LogP contribution in [0.4, 0.5) is 5.69 Å². The van der Waals surface area contributed by atoms with Gasteiger partial charge in [-0.25, -0.2) is 9.79 Å². The summed E-state index contributed by atoms with van der Waals surface area (Å²) in [5.41, 5.74) is 0.406. The number of para-hydroxylation sites is 1. The van der Waals surface area contributed by atoms with Gasteiger partial charge in [-0.15, -0.1) is 0 Å². The lowest BCUT2D eigenvalue weighted by atomic mass is 10.1. The summed E-state index contributed by atoms with van der Waals surface area (Å²) in [4.78, 5) is 38.1. The monoisotopic (exact) mass is 396 g/mol. The van der Waals surface area contributed by atoms with E-state index in [1.54, 1.807) is 25.1 Å². The Labute approximate surface area is 165 Å². The first-order valence-corrected chi connectivity index (χ1v) is 8.60. The summed E-state index contributed by atoms with van der Waals surface area (Å²) in [5, 5.41) is 11.2. The van der Waals surface area contributed by atoms with E-state index in [-0.39, 0.29) is 28.6 Å². The van der Waals surface area contributed by atoms with Crippen LogP contribution >= 0.6 is 0 Å². The molecule has 0 atom stereocenters. The van der Waals surface area contributed by atoms with Crippen LogP contribution in [0.3, 0.4) is 0 Å². The molecule has 0 N–H and O–H groups in total. The Hall–Kier alpha value is -4.01. The number of benzene rings is 2. The number of hydrogen-bond donors (Lipinski definition) is 0. The molecule has 0 aromatic heterocycles. The van der Waals surface area contributed by atoms with E-state index < -0.39 is 16.9 Å². The Kier molecular flexibility index (Phi) is 5.68. The molecule has 9 heteroatoms. The van der Waals surface area contributed by atoms with Crippen molar-refractivity contribution in [2.75, 3.05) is 6.61 Å². The van der Waals surface area contributed by atoms with Crippen molar-refractivity contribution in [3.05, 3.63) is 69.4 Å². The summed E-state index contributed by atoms with van der Waals surface area (Å²) in [5.74, 6) is -0.795. The molecule has 1 heterocycles. The number of hydrogen-bond acceptors (Lipinski definition) is 8. The number of esters is 2. The minimum absolute atomic E-state index is 0.0270. The number of nitrogens with zero attached hydrogens (tertiary/aromatic N) is 2. The van der Waals surface area contributed by atoms with Gasteiger partial charge in [0.2, 0.25) is 5.90 Å². The zero-order chi connectivity index (χ0) is 21.0. The topological polar surface area (TPSA) is 117 Å². The second-order valence-electron chi connectivity index (χ2n) is 5.84. The van der Waals surface area contributed by atoms with Gasteiger partial charge in [0.05, 0.1) is 11.5 Å². The lowest BCUT2D eigenvalue weighted by Gasteiger charge is -2.10. The van der Waals surface area contributed by atoms with E-state index in [9.17, 15) is 19.7 Å². The van der Waals surface area contributed by atoms with Gasteiger partial charge in [0.25, 0.3) is 5.69 Å². The molecule has 0 saturated heterocycles. The van der Waals surface area contributed by atoms with Crippen LogP contribution in [0.15, 0.2) is 53.2 Å². The van der Waals surface area contributed by atoms with Crippen molar-refractivity contribution in [1.82, 2.24) is 0 Å². The first-order chi connectivity index (χ1) is 13.9. The Bertz CT molecular complexity index is 1060. The Morgan fingerprint density at radius 1 is 1.24 bits per heavy atom. The van der Waals surface area contributed by atoms with Crippen molar-refractivity contribution < 1.29 is 28.7 Å². The van der Waals surface area contributed by atoms with Gasteiger partial charge in [0.15, 0.2) is 17.2 Å². The normalized spacial score (nSPS) is 14.3. The predicted molar refractivity (Wildman–Crippen MR) is 103 cm³/mol. The fraction of sp³-hybridized carbons (Fsp3) is 0.150. The summed E-state index contributed by atoms with van der Waals surface area (Å²) in [6.45, 7) is 3.40. The van der Waals surface area contributed by atoms with E-state index >= 15 is 0 Å². The SMILES string of the molecule is CCOc1cc(/C=C2/N=C(c3ccccc3[N+](=O)[O-])OC2=O)ccc1OC(C)=O. The average molecular weight is 396 g/mol. The number of nitro benzene ring substituents is 1. The second-order valence-corrected chi connectivity index (χ2v) is 5.84. The molecule has 1 aliphatic heterocycles. The van der Waals surface area contributed by atoms with Crippen LogP contribution in [0, 0.1) is 10.1 Å². The van der Waals surface area contributed by atoms with Gasteiger partial charge in [-0.1, -0.05) is 18.2 Å². The van der Waals surface area contributed by atoms with Crippen molar-refractivity contribution >= 4 is 29.6 Å². The van der Waals surface area contributed by atoms with Gasteiger partial charge in [0.1, 0.15) is 5.56 Å². The third kappa shape index (κ3) is 4.46. The molecule has 2 aromatic carbocycles. The van der Waals surface area contributed by atoms with Gasteiger partial charge < -0.3 is 14.2 Å². The van der Waals surface area contributed by atoms with Crippen molar-refractivity contribution in [2.45, 2.75) is 13.8 Å². The third-order valence-corrected chi connectivity index (χ3v) is 3.78. The molecule has 3 rings (SSSR count). The van der Waals surface area contributed by atoms with E-state index in [2.05, 4.69) is 4.99 Å². The van der Waals surface area contributed by atoms with E-state index in [0.29, 0.717) is 17.9 Å². The van der Waals surface area contributed by atoms with Crippen LogP contribution in [-0.4, -0.2) is 29.4 Å². The lowest BCUT2D eigenvalue weighted by molar-refractivity contribution is -0.385. The number of aliphatic imine (C=N–C) groups is 1. The molecule has 0 aliphatic carbocycles. The lowest BCUT2D eigenvalue weighted by Crippen LogP contribution is -2.07. The molecule has 2 aromatic rings. The van der Waals surface area contributed by atoms with Crippen LogP contribution in [0.25, 0.3) is 6.08 Å². The number of carbonyl (C=O) groups excluding carboxylic acids is 2. The molecular formula is C20H16N2O7. The molecule has 9 nitrogen and oxygen atoms in total. The molecular weight excluding hydrogens is 380 g/mol. The predicted octanol–water partition coefficient (Wildman–Crippen LogP) is 3.26. The molecule has 0 unspecified atom stereocenters. The zero-order valence-corrected chi connectivity index (χ0v) is 15.6. The molecule has 0 radical (unpaired) electrons. The smallest absolute Gasteiger partial charge is 0.363 e. The molecule has 148 valence electrons. The van der Waals surface area contributed by atoms with Crippen LogP contribution in [0.1, 0.15) is 25.0 Å². The number of cyclic esters (lactones) is 1. The standard InChI is InChI=1S/C20H16N2O7/c1-3-27-18-11-13(8-9-17(18)28-12(2)23)10-15-20(24)29-19(21-15)14-6-4-5-7-16(14)22(25)26/h4-11H,3H2,1-2H3/b15-10+. The van der Waals surface area contributed by atoms with Crippen LogP contribution in [0.2, 0.25) is 0 Å². The van der Waals surface area contributed by atoms with Crippen molar-refractivity contribution in [1.29, 1.82) is 0 Å². The number of rotatable bonds is 6. The Morgan fingerprint density at radius 3 is 2.69 bits per heavy atom. The highest BCUT2D eigenvalue weighted by atomic mass is 16.6. The molecule has 0 bridgehead atoms. The average Bonchev–Trinajstić information content (AvgIpc) is 3.04. The van der Waals surface area contributed by atoms with E-state index in [1.807, 2.05) is 0 Å². The van der Waals surface area contributed by atoms with Gasteiger partial charge >= 0.3 is 11.9 Å².